The van der Waals surface area contributed by atoms with E-state index in [0.717, 1.165) is 27.8 Å². The molecule has 4 rings (SSSR count). The molecule has 0 aromatic heterocycles. The maximum Gasteiger partial charge on any atom is 0.220 e. The molecule has 3 unspecified atom stereocenters. The Morgan fingerprint density at radius 3 is 1.33 bits per heavy atom. The van der Waals surface area contributed by atoms with E-state index < -0.39 is 17.2 Å². The normalized spacial score (nSPS) is 13.3. The van der Waals surface area contributed by atoms with Gasteiger partial charge >= 0.3 is 0 Å². The van der Waals surface area contributed by atoms with Crippen molar-refractivity contribution in [3.05, 3.63) is 137 Å². The summed E-state index contributed by atoms with van der Waals surface area (Å²) >= 11 is 0. The molecule has 4 aromatic carbocycles. The van der Waals surface area contributed by atoms with Crippen molar-refractivity contribution in [2.75, 3.05) is 6.79 Å². The standard InChI is InChI=1S/C31H32O5S.2CH4/c1-22(25-13-7-4-8-14-25)28-19-29(23(2)26-15-9-5-10-16-26)31(35-21-36-37(32,33)34)30(20-28)24(3)27-17-11-6-12-18-27;;/h4-20,22-24H,21H2,1-3H3,(H,32,33,34);2*1H4/p-1. The highest BCUT2D eigenvalue weighted by Crippen LogP contribution is 2.42. The minimum absolute atomic E-state index is 0. The van der Waals surface area contributed by atoms with Gasteiger partial charge < -0.3 is 9.29 Å². The Morgan fingerprint density at radius 2 is 0.974 bits per heavy atom. The van der Waals surface area contributed by atoms with Gasteiger partial charge in [0.2, 0.25) is 17.2 Å². The molecule has 3 atom stereocenters. The fourth-order valence-corrected chi connectivity index (χ4v) is 4.84. The SMILES string of the molecule is C.C.CC(c1ccccc1)c1cc(C(C)c2ccccc2)c(OCOS(=O)(=O)[O-])c(C(C)c2ccccc2)c1. The van der Waals surface area contributed by atoms with E-state index in [2.05, 4.69) is 73.5 Å². The van der Waals surface area contributed by atoms with Gasteiger partial charge in [0.1, 0.15) is 5.75 Å². The highest BCUT2D eigenvalue weighted by Gasteiger charge is 2.24. The Balaban J connectivity index is 0.00000267. The molecule has 0 spiro atoms. The zero-order valence-electron chi connectivity index (χ0n) is 21.2. The summed E-state index contributed by atoms with van der Waals surface area (Å²) in [5.74, 6) is 0.506. The summed E-state index contributed by atoms with van der Waals surface area (Å²) in [6.45, 7) is 5.67. The largest absolute Gasteiger partial charge is 0.725 e. The zero-order valence-corrected chi connectivity index (χ0v) is 22.0. The van der Waals surface area contributed by atoms with Crippen LogP contribution in [0, 0.1) is 0 Å². The molecule has 0 aliphatic carbocycles. The molecular weight excluding hydrogens is 508 g/mol. The molecule has 0 amide bonds. The summed E-state index contributed by atoms with van der Waals surface area (Å²) in [7, 11) is -4.90. The van der Waals surface area contributed by atoms with Crippen LogP contribution >= 0.6 is 0 Å². The average molecular weight is 548 g/mol. The van der Waals surface area contributed by atoms with Gasteiger partial charge in [0.15, 0.2) is 0 Å². The molecule has 0 N–H and O–H groups in total. The van der Waals surface area contributed by atoms with Crippen LogP contribution in [0.1, 0.15) is 86.8 Å². The Labute approximate surface area is 234 Å². The van der Waals surface area contributed by atoms with Crippen molar-refractivity contribution < 1.29 is 21.9 Å². The molecule has 0 fully saturated rings. The number of benzene rings is 4. The predicted octanol–water partition coefficient (Wildman–Crippen LogP) is 8.23. The highest BCUT2D eigenvalue weighted by atomic mass is 32.3. The minimum atomic E-state index is -4.90. The fraction of sp³-hybridized carbons (Fsp3) is 0.273. The lowest BCUT2D eigenvalue weighted by atomic mass is 9.81. The van der Waals surface area contributed by atoms with Crippen LogP contribution in [0.15, 0.2) is 103 Å². The van der Waals surface area contributed by atoms with Crippen molar-refractivity contribution in [2.45, 2.75) is 53.4 Å². The van der Waals surface area contributed by atoms with E-state index in [4.69, 9.17) is 4.74 Å². The fourth-order valence-electron chi connectivity index (χ4n) is 4.68. The quantitative estimate of drug-likeness (QED) is 0.114. The van der Waals surface area contributed by atoms with Gasteiger partial charge in [-0.3, -0.25) is 0 Å². The molecule has 0 aliphatic rings. The van der Waals surface area contributed by atoms with Crippen LogP contribution in [0.2, 0.25) is 0 Å². The van der Waals surface area contributed by atoms with Crippen molar-refractivity contribution in [3.63, 3.8) is 0 Å². The zero-order chi connectivity index (χ0) is 26.4. The molecule has 39 heavy (non-hydrogen) atoms. The summed E-state index contributed by atoms with van der Waals surface area (Å²) in [6.07, 6.45) is 0. The maximum atomic E-state index is 11.1. The molecule has 0 saturated heterocycles. The highest BCUT2D eigenvalue weighted by molar-refractivity contribution is 7.80. The second-order valence-electron chi connectivity index (χ2n) is 9.21. The summed E-state index contributed by atoms with van der Waals surface area (Å²) < 4.78 is 43.9. The molecule has 0 aliphatic heterocycles. The molecule has 4 aromatic rings. The molecule has 0 bridgehead atoms. The summed E-state index contributed by atoms with van der Waals surface area (Å²) in [4.78, 5) is 0. The molecule has 5 nitrogen and oxygen atoms in total. The lowest BCUT2D eigenvalue weighted by Crippen LogP contribution is -2.14. The van der Waals surface area contributed by atoms with Crippen LogP contribution in [0.25, 0.3) is 0 Å². The minimum Gasteiger partial charge on any atom is -0.725 e. The van der Waals surface area contributed by atoms with Crippen LogP contribution in [0.3, 0.4) is 0 Å². The number of hydrogen-bond acceptors (Lipinski definition) is 5. The monoisotopic (exact) mass is 547 g/mol. The predicted molar refractivity (Wildman–Crippen MR) is 158 cm³/mol. The van der Waals surface area contributed by atoms with E-state index in [-0.39, 0.29) is 32.6 Å². The van der Waals surface area contributed by atoms with Gasteiger partial charge in [0.25, 0.3) is 0 Å². The molecule has 0 heterocycles. The van der Waals surface area contributed by atoms with Gasteiger partial charge in [-0.05, 0) is 22.3 Å². The van der Waals surface area contributed by atoms with E-state index in [0.29, 0.717) is 5.75 Å². The van der Waals surface area contributed by atoms with Crippen LogP contribution in [-0.4, -0.2) is 19.8 Å². The van der Waals surface area contributed by atoms with Gasteiger partial charge in [-0.2, -0.15) is 0 Å². The smallest absolute Gasteiger partial charge is 0.220 e. The van der Waals surface area contributed by atoms with E-state index in [9.17, 15) is 13.0 Å². The first-order valence-corrected chi connectivity index (χ1v) is 13.6. The van der Waals surface area contributed by atoms with Crippen molar-refractivity contribution >= 4 is 10.4 Å². The van der Waals surface area contributed by atoms with E-state index in [1.165, 1.54) is 5.56 Å². The first-order chi connectivity index (χ1) is 17.7. The van der Waals surface area contributed by atoms with Crippen LogP contribution in [-0.2, 0) is 14.6 Å². The van der Waals surface area contributed by atoms with Crippen LogP contribution in [0.5, 0.6) is 5.75 Å². The third-order valence-electron chi connectivity index (χ3n) is 6.90. The number of rotatable bonds is 10. The van der Waals surface area contributed by atoms with Crippen molar-refractivity contribution in [2.24, 2.45) is 0 Å². The lowest BCUT2D eigenvalue weighted by Gasteiger charge is -2.26. The first kappa shape index (κ1) is 31.8. The van der Waals surface area contributed by atoms with Crippen LogP contribution in [0.4, 0.5) is 0 Å². The average Bonchev–Trinajstić information content (AvgIpc) is 2.92. The molecule has 6 heteroatoms. The third kappa shape index (κ3) is 8.02. The number of ether oxygens (including phenoxy) is 1. The second-order valence-corrected chi connectivity index (χ2v) is 10.3. The van der Waals surface area contributed by atoms with Gasteiger partial charge in [0, 0.05) is 28.9 Å². The Morgan fingerprint density at radius 1 is 0.615 bits per heavy atom. The van der Waals surface area contributed by atoms with Crippen molar-refractivity contribution in [3.8, 4) is 5.75 Å². The first-order valence-electron chi connectivity index (χ1n) is 12.3. The lowest BCUT2D eigenvalue weighted by molar-refractivity contribution is 0.108. The van der Waals surface area contributed by atoms with Gasteiger partial charge in [-0.25, -0.2) is 12.6 Å². The molecule has 0 radical (unpaired) electrons. The summed E-state index contributed by atoms with van der Waals surface area (Å²) in [6, 6.07) is 34.7. The van der Waals surface area contributed by atoms with Crippen molar-refractivity contribution in [1.82, 2.24) is 0 Å². The molecule has 208 valence electrons. The third-order valence-corrected chi connectivity index (χ3v) is 7.28. The molecular formula is C33H39O5S-. The topological polar surface area (TPSA) is 75.7 Å². The summed E-state index contributed by atoms with van der Waals surface area (Å²) in [5.41, 5.74) is 6.28. The van der Waals surface area contributed by atoms with Crippen molar-refractivity contribution in [1.29, 1.82) is 0 Å². The Bertz CT molecular complexity index is 1340. The Hall–Kier alpha value is -3.45. The van der Waals surface area contributed by atoms with E-state index in [1.807, 2.05) is 54.6 Å². The van der Waals surface area contributed by atoms with Gasteiger partial charge in [-0.15, -0.1) is 0 Å². The number of hydrogen-bond donors (Lipinski definition) is 0. The summed E-state index contributed by atoms with van der Waals surface area (Å²) in [5, 5.41) is 0. The Kier molecular flexibility index (Phi) is 11.5. The maximum absolute atomic E-state index is 11.1. The van der Waals surface area contributed by atoms with Gasteiger partial charge in [0.05, 0.1) is 0 Å². The van der Waals surface area contributed by atoms with Crippen LogP contribution < -0.4 is 4.74 Å². The second kappa shape index (κ2) is 14.1. The van der Waals surface area contributed by atoms with E-state index in [1.54, 1.807) is 0 Å². The molecule has 0 saturated carbocycles. The van der Waals surface area contributed by atoms with Gasteiger partial charge in [-0.1, -0.05) is 139 Å². The van der Waals surface area contributed by atoms with E-state index >= 15 is 0 Å².